The molecule has 2 aromatic rings. The molecular formula is C17H20ClNO5S. The predicted molar refractivity (Wildman–Crippen MR) is 95.3 cm³/mol. The summed E-state index contributed by atoms with van der Waals surface area (Å²) in [6.45, 7) is 2.06. The number of Topliss-reactive ketones (excluding diaryl/α,β-unsaturated/α-hetero) is 1. The van der Waals surface area contributed by atoms with Gasteiger partial charge in [-0.25, -0.2) is 13.4 Å². The zero-order valence-corrected chi connectivity index (χ0v) is 15.7. The molecule has 0 fully saturated rings. The second kappa shape index (κ2) is 8.60. The maximum Gasteiger partial charge on any atom is 0.228 e. The Morgan fingerprint density at radius 1 is 1.32 bits per heavy atom. The van der Waals surface area contributed by atoms with E-state index in [1.807, 2.05) is 0 Å². The van der Waals surface area contributed by atoms with Crippen LogP contribution < -0.4 is 0 Å². The summed E-state index contributed by atoms with van der Waals surface area (Å²) in [5, 5.41) is 0.464. The molecule has 0 aliphatic rings. The predicted octanol–water partition coefficient (Wildman–Crippen LogP) is 3.21. The number of methoxy groups -OCH3 is 1. The van der Waals surface area contributed by atoms with E-state index in [1.165, 1.54) is 7.11 Å². The van der Waals surface area contributed by atoms with Gasteiger partial charge in [-0.2, -0.15) is 0 Å². The van der Waals surface area contributed by atoms with Crippen LogP contribution in [0.2, 0.25) is 5.02 Å². The Hall–Kier alpha value is -1.70. The van der Waals surface area contributed by atoms with Gasteiger partial charge in [-0.3, -0.25) is 4.79 Å². The van der Waals surface area contributed by atoms with Crippen molar-refractivity contribution >= 4 is 27.2 Å². The van der Waals surface area contributed by atoms with Crippen molar-refractivity contribution in [3.8, 4) is 11.5 Å². The largest absolute Gasteiger partial charge is 0.441 e. The van der Waals surface area contributed by atoms with Gasteiger partial charge in [0.25, 0.3) is 0 Å². The Morgan fingerprint density at radius 3 is 2.72 bits per heavy atom. The maximum atomic E-state index is 12.2. The summed E-state index contributed by atoms with van der Waals surface area (Å²) in [4.78, 5) is 16.0. The van der Waals surface area contributed by atoms with Crippen molar-refractivity contribution in [2.75, 3.05) is 19.5 Å². The molecule has 6 nitrogen and oxygen atoms in total. The number of aryl methyl sites for hydroxylation is 1. The number of halogens is 1. The van der Waals surface area contributed by atoms with E-state index in [2.05, 4.69) is 4.98 Å². The fourth-order valence-electron chi connectivity index (χ4n) is 2.30. The van der Waals surface area contributed by atoms with Crippen LogP contribution in [0.1, 0.15) is 24.3 Å². The lowest BCUT2D eigenvalue weighted by atomic mass is 10.2. The number of hydrogen-bond acceptors (Lipinski definition) is 6. The first-order chi connectivity index (χ1) is 11.8. The summed E-state index contributed by atoms with van der Waals surface area (Å²) < 4.78 is 34.9. The highest BCUT2D eigenvalue weighted by molar-refractivity contribution is 7.91. The molecule has 8 heteroatoms. The van der Waals surface area contributed by atoms with Crippen LogP contribution in [0.3, 0.4) is 0 Å². The first-order valence-electron chi connectivity index (χ1n) is 7.74. The van der Waals surface area contributed by atoms with E-state index < -0.39 is 15.6 Å². The molecule has 0 atom stereocenters. The third-order valence-corrected chi connectivity index (χ3v) is 5.34. The number of benzene rings is 1. The van der Waals surface area contributed by atoms with Crippen LogP contribution in [0.4, 0.5) is 0 Å². The number of ketones is 1. The van der Waals surface area contributed by atoms with Gasteiger partial charge in [0.15, 0.2) is 9.84 Å². The minimum Gasteiger partial charge on any atom is -0.441 e. The highest BCUT2D eigenvalue weighted by atomic mass is 35.5. The molecular weight excluding hydrogens is 366 g/mol. The molecule has 0 saturated carbocycles. The average molecular weight is 386 g/mol. The second-order valence-electron chi connectivity index (χ2n) is 5.67. The summed E-state index contributed by atoms with van der Waals surface area (Å²) in [7, 11) is -2.09. The van der Waals surface area contributed by atoms with E-state index in [0.29, 0.717) is 35.1 Å². The van der Waals surface area contributed by atoms with Crippen molar-refractivity contribution in [3.05, 3.63) is 40.7 Å². The van der Waals surface area contributed by atoms with Crippen LogP contribution in [-0.4, -0.2) is 38.7 Å². The normalized spacial score (nSPS) is 11.6. The summed E-state index contributed by atoms with van der Waals surface area (Å²) in [6.07, 6.45) is 0.681. The van der Waals surface area contributed by atoms with Gasteiger partial charge in [-0.1, -0.05) is 23.7 Å². The molecule has 0 spiro atoms. The van der Waals surface area contributed by atoms with Crippen LogP contribution in [0.15, 0.2) is 28.7 Å². The fourth-order valence-corrected chi connectivity index (χ4v) is 3.94. The van der Waals surface area contributed by atoms with E-state index in [-0.39, 0.29) is 23.8 Å². The molecule has 136 valence electrons. The molecule has 0 saturated heterocycles. The Labute approximate surface area is 152 Å². The standard InChI is InChI=1S/C17H20ClNO5S/c1-12-16(11-25(21,22)10-13(20)6-5-9-23-2)19-17(24-12)14-7-3-4-8-15(14)18/h3-4,7-8H,5-6,9-11H2,1-2H3. The third kappa shape index (κ3) is 5.66. The third-order valence-electron chi connectivity index (χ3n) is 3.54. The summed E-state index contributed by atoms with van der Waals surface area (Å²) in [6, 6.07) is 7.01. The molecule has 0 aliphatic carbocycles. The lowest BCUT2D eigenvalue weighted by molar-refractivity contribution is -0.116. The van der Waals surface area contributed by atoms with Gasteiger partial charge in [0, 0.05) is 20.1 Å². The van der Waals surface area contributed by atoms with Crippen molar-refractivity contribution in [2.24, 2.45) is 0 Å². The molecule has 25 heavy (non-hydrogen) atoms. The number of aromatic nitrogens is 1. The van der Waals surface area contributed by atoms with Crippen LogP contribution in [0, 0.1) is 6.92 Å². The van der Waals surface area contributed by atoms with Gasteiger partial charge in [-0.05, 0) is 25.5 Å². The first-order valence-corrected chi connectivity index (χ1v) is 9.94. The Kier molecular flexibility index (Phi) is 6.75. The Morgan fingerprint density at radius 2 is 2.04 bits per heavy atom. The molecule has 0 unspecified atom stereocenters. The van der Waals surface area contributed by atoms with Crippen molar-refractivity contribution in [1.29, 1.82) is 0 Å². The van der Waals surface area contributed by atoms with Crippen molar-refractivity contribution in [3.63, 3.8) is 0 Å². The molecule has 2 rings (SSSR count). The van der Waals surface area contributed by atoms with E-state index in [1.54, 1.807) is 31.2 Å². The first kappa shape index (κ1) is 19.6. The van der Waals surface area contributed by atoms with Gasteiger partial charge >= 0.3 is 0 Å². The SMILES string of the molecule is COCCCC(=O)CS(=O)(=O)Cc1nc(-c2ccccc2Cl)oc1C. The van der Waals surface area contributed by atoms with Gasteiger partial charge < -0.3 is 9.15 Å². The van der Waals surface area contributed by atoms with E-state index in [0.717, 1.165) is 0 Å². The molecule has 1 aromatic carbocycles. The molecule has 0 radical (unpaired) electrons. The summed E-state index contributed by atoms with van der Waals surface area (Å²) >= 11 is 6.11. The van der Waals surface area contributed by atoms with E-state index >= 15 is 0 Å². The van der Waals surface area contributed by atoms with E-state index in [4.69, 9.17) is 20.8 Å². The minimum absolute atomic E-state index is 0.176. The highest BCUT2D eigenvalue weighted by Gasteiger charge is 2.22. The quantitative estimate of drug-likeness (QED) is 0.616. The number of ether oxygens (including phenoxy) is 1. The van der Waals surface area contributed by atoms with Crippen molar-refractivity contribution in [2.45, 2.75) is 25.5 Å². The fraction of sp³-hybridized carbons (Fsp3) is 0.412. The number of carbonyl (C=O) groups excluding carboxylic acids is 1. The van der Waals surface area contributed by atoms with Gasteiger partial charge in [-0.15, -0.1) is 0 Å². The number of nitrogens with zero attached hydrogens (tertiary/aromatic N) is 1. The summed E-state index contributed by atoms with van der Waals surface area (Å²) in [5.74, 6) is -0.526. The zero-order valence-electron chi connectivity index (χ0n) is 14.1. The minimum atomic E-state index is -3.62. The molecule has 0 aliphatic heterocycles. The van der Waals surface area contributed by atoms with Crippen LogP contribution in [-0.2, 0) is 25.1 Å². The number of hydrogen-bond donors (Lipinski definition) is 0. The average Bonchev–Trinajstić information content (AvgIpc) is 2.87. The van der Waals surface area contributed by atoms with Crippen LogP contribution >= 0.6 is 11.6 Å². The Bertz CT molecular complexity index is 844. The lowest BCUT2D eigenvalue weighted by Gasteiger charge is -2.02. The number of oxazole rings is 1. The van der Waals surface area contributed by atoms with Crippen LogP contribution in [0.25, 0.3) is 11.5 Å². The molecule has 1 heterocycles. The monoisotopic (exact) mass is 385 g/mol. The van der Waals surface area contributed by atoms with Gasteiger partial charge in [0.05, 0.1) is 22.0 Å². The number of sulfone groups is 1. The molecule has 0 N–H and O–H groups in total. The molecule has 1 aromatic heterocycles. The lowest BCUT2D eigenvalue weighted by Crippen LogP contribution is -2.18. The van der Waals surface area contributed by atoms with Crippen molar-refractivity contribution < 1.29 is 22.4 Å². The Balaban J connectivity index is 2.10. The second-order valence-corrected chi connectivity index (χ2v) is 8.14. The van der Waals surface area contributed by atoms with Gasteiger partial charge in [0.1, 0.15) is 17.3 Å². The van der Waals surface area contributed by atoms with Crippen molar-refractivity contribution in [1.82, 2.24) is 4.98 Å². The van der Waals surface area contributed by atoms with E-state index in [9.17, 15) is 13.2 Å². The summed E-state index contributed by atoms with van der Waals surface area (Å²) in [5.41, 5.74) is 0.881. The van der Waals surface area contributed by atoms with Gasteiger partial charge in [0.2, 0.25) is 5.89 Å². The zero-order chi connectivity index (χ0) is 18.4. The topological polar surface area (TPSA) is 86.5 Å². The number of carbonyl (C=O) groups is 1. The smallest absolute Gasteiger partial charge is 0.228 e. The maximum absolute atomic E-state index is 12.2. The molecule has 0 bridgehead atoms. The van der Waals surface area contributed by atoms with Crippen LogP contribution in [0.5, 0.6) is 0 Å². The number of rotatable bonds is 9. The highest BCUT2D eigenvalue weighted by Crippen LogP contribution is 2.28. The molecule has 0 amide bonds.